The van der Waals surface area contributed by atoms with Crippen molar-refractivity contribution in [2.75, 3.05) is 23.7 Å². The first-order valence-electron chi connectivity index (χ1n) is 9.71. The van der Waals surface area contributed by atoms with Crippen LogP contribution in [0.1, 0.15) is 16.7 Å². The van der Waals surface area contributed by atoms with Crippen molar-refractivity contribution in [3.8, 4) is 17.3 Å². The van der Waals surface area contributed by atoms with E-state index in [0.29, 0.717) is 52.9 Å². The summed E-state index contributed by atoms with van der Waals surface area (Å²) in [5, 5.41) is 15.2. The summed E-state index contributed by atoms with van der Waals surface area (Å²) in [7, 11) is 0. The minimum atomic E-state index is -4.40. The Morgan fingerprint density at radius 1 is 1.06 bits per heavy atom. The van der Waals surface area contributed by atoms with Gasteiger partial charge in [0.1, 0.15) is 17.5 Å². The fraction of sp³-hybridized carbons (Fsp3) is 0.182. The Balaban J connectivity index is 1.52. The molecule has 0 saturated carbocycles. The van der Waals surface area contributed by atoms with E-state index in [1.807, 2.05) is 6.07 Å². The molecule has 7 nitrogen and oxygen atoms in total. The number of fused-ring (bicyclic) bond motifs is 1. The first-order chi connectivity index (χ1) is 15.3. The fourth-order valence-corrected chi connectivity index (χ4v) is 3.24. The van der Waals surface area contributed by atoms with Crippen LogP contribution in [0.2, 0.25) is 0 Å². The molecule has 3 aromatic heterocycles. The molecule has 4 aromatic rings. The largest absolute Gasteiger partial charge is 0.416 e. The van der Waals surface area contributed by atoms with Crippen LogP contribution in [-0.4, -0.2) is 32.4 Å². The molecule has 0 radical (unpaired) electrons. The van der Waals surface area contributed by atoms with E-state index in [9.17, 15) is 13.2 Å². The molecule has 4 rings (SSSR count). The number of aromatic nitrogens is 4. The van der Waals surface area contributed by atoms with Crippen LogP contribution in [0.4, 0.5) is 24.9 Å². The second kappa shape index (κ2) is 8.55. The second-order valence-electron chi connectivity index (χ2n) is 7.05. The normalized spacial score (nSPS) is 11.3. The summed E-state index contributed by atoms with van der Waals surface area (Å²) in [5.74, 6) is 1.16. The Morgan fingerprint density at radius 3 is 2.56 bits per heavy atom. The maximum absolute atomic E-state index is 13.0. The van der Waals surface area contributed by atoms with Crippen molar-refractivity contribution in [2.24, 2.45) is 0 Å². The molecule has 0 saturated heterocycles. The lowest BCUT2D eigenvalue weighted by molar-refractivity contribution is -0.137. The number of hydrogen-bond acceptors (Lipinski definition) is 6. The molecule has 0 unspecified atom stereocenters. The van der Waals surface area contributed by atoms with Crippen LogP contribution in [-0.2, 0) is 6.18 Å². The summed E-state index contributed by atoms with van der Waals surface area (Å²) >= 11 is 0. The van der Waals surface area contributed by atoms with E-state index in [-0.39, 0.29) is 0 Å². The molecule has 10 heteroatoms. The zero-order valence-electron chi connectivity index (χ0n) is 17.0. The smallest absolute Gasteiger partial charge is 0.368 e. The number of nitrogens with one attached hydrogen (secondary N) is 2. The third-order valence-electron chi connectivity index (χ3n) is 4.83. The van der Waals surface area contributed by atoms with Crippen molar-refractivity contribution >= 4 is 17.4 Å². The molecule has 0 aliphatic carbocycles. The summed E-state index contributed by atoms with van der Waals surface area (Å²) in [4.78, 5) is 13.1. The van der Waals surface area contributed by atoms with Gasteiger partial charge in [0.2, 0.25) is 5.95 Å². The number of alkyl halides is 3. The Kier molecular flexibility index (Phi) is 5.64. The minimum Gasteiger partial charge on any atom is -0.368 e. The predicted octanol–water partition coefficient (Wildman–Crippen LogP) is 4.51. The van der Waals surface area contributed by atoms with E-state index in [1.54, 1.807) is 41.9 Å². The molecule has 2 N–H and O–H groups in total. The Hall–Kier alpha value is -4.13. The van der Waals surface area contributed by atoms with Crippen molar-refractivity contribution < 1.29 is 13.2 Å². The lowest BCUT2D eigenvalue weighted by Gasteiger charge is -2.14. The van der Waals surface area contributed by atoms with Crippen LogP contribution in [0, 0.1) is 18.3 Å². The van der Waals surface area contributed by atoms with Gasteiger partial charge in [-0.25, -0.2) is 15.0 Å². The number of anilines is 2. The van der Waals surface area contributed by atoms with Gasteiger partial charge in [-0.15, -0.1) is 0 Å². The highest BCUT2D eigenvalue weighted by Crippen LogP contribution is 2.33. The van der Waals surface area contributed by atoms with Gasteiger partial charge in [0, 0.05) is 43.3 Å². The lowest BCUT2D eigenvalue weighted by atomic mass is 10.0. The Bertz CT molecular complexity index is 1290. The first kappa shape index (κ1) is 21.1. The highest BCUT2D eigenvalue weighted by atomic mass is 19.4. The maximum Gasteiger partial charge on any atom is 0.416 e. The quantitative estimate of drug-likeness (QED) is 0.431. The van der Waals surface area contributed by atoms with Crippen molar-refractivity contribution in [1.29, 1.82) is 5.26 Å². The molecule has 0 bridgehead atoms. The van der Waals surface area contributed by atoms with Crippen molar-refractivity contribution in [1.82, 2.24) is 19.4 Å². The number of benzene rings is 1. The first-order valence-corrected chi connectivity index (χ1v) is 9.71. The van der Waals surface area contributed by atoms with Crippen LogP contribution in [0.15, 0.2) is 55.0 Å². The number of imidazole rings is 1. The average molecular weight is 437 g/mol. The summed E-state index contributed by atoms with van der Waals surface area (Å²) in [5.41, 5.74) is 2.02. The number of nitriles is 1. The van der Waals surface area contributed by atoms with Crippen LogP contribution in [0.3, 0.4) is 0 Å². The van der Waals surface area contributed by atoms with Gasteiger partial charge in [-0.2, -0.15) is 18.4 Å². The number of pyridine rings is 1. The number of nitrogens with zero attached hydrogens (tertiary/aromatic N) is 5. The molecule has 1 aromatic carbocycles. The fourth-order valence-electron chi connectivity index (χ4n) is 3.24. The number of rotatable bonds is 6. The molecule has 0 spiro atoms. The van der Waals surface area contributed by atoms with E-state index in [4.69, 9.17) is 5.26 Å². The molecular weight excluding hydrogens is 419 g/mol. The molecule has 0 atom stereocenters. The topological polar surface area (TPSA) is 90.9 Å². The van der Waals surface area contributed by atoms with Crippen molar-refractivity contribution in [3.05, 3.63) is 71.7 Å². The zero-order valence-corrected chi connectivity index (χ0v) is 17.0. The van der Waals surface area contributed by atoms with Crippen LogP contribution in [0.5, 0.6) is 0 Å². The monoisotopic (exact) mass is 437 g/mol. The van der Waals surface area contributed by atoms with Gasteiger partial charge in [-0.05, 0) is 36.8 Å². The summed E-state index contributed by atoms with van der Waals surface area (Å²) in [6, 6.07) is 10.8. The molecule has 0 amide bonds. The third-order valence-corrected chi connectivity index (χ3v) is 4.83. The van der Waals surface area contributed by atoms with Gasteiger partial charge >= 0.3 is 6.18 Å². The van der Waals surface area contributed by atoms with Gasteiger partial charge in [-0.3, -0.25) is 4.40 Å². The molecule has 3 heterocycles. The second-order valence-corrected chi connectivity index (χ2v) is 7.05. The zero-order chi connectivity index (χ0) is 22.7. The number of hydrogen-bond donors (Lipinski definition) is 2. The average Bonchev–Trinajstić information content (AvgIpc) is 3.25. The van der Waals surface area contributed by atoms with Gasteiger partial charge < -0.3 is 10.6 Å². The summed E-state index contributed by atoms with van der Waals surface area (Å²) in [6.07, 6.45) is 0.476. The van der Waals surface area contributed by atoms with Gasteiger partial charge in [0.25, 0.3) is 0 Å². The minimum absolute atomic E-state index is 0.475. The van der Waals surface area contributed by atoms with E-state index < -0.39 is 11.7 Å². The molecule has 32 heavy (non-hydrogen) atoms. The van der Waals surface area contributed by atoms with E-state index in [0.717, 1.165) is 12.1 Å². The van der Waals surface area contributed by atoms with E-state index >= 15 is 0 Å². The highest BCUT2D eigenvalue weighted by molar-refractivity contribution is 5.69. The molecule has 0 fully saturated rings. The Morgan fingerprint density at radius 2 is 1.88 bits per heavy atom. The molecular formula is C22H18F3N7. The maximum atomic E-state index is 13.0. The standard InChI is InChI=1S/C22H18F3N7/c1-14-10-16(22(23,24)25)3-4-17(14)18-11-20-28-8-9-32(20)21(31-18)29-7-6-27-19-5-2-15(12-26)13-30-19/h2-5,8-11,13H,6-7H2,1H3,(H,27,30)(H,29,31). The Labute approximate surface area is 181 Å². The van der Waals surface area contributed by atoms with Gasteiger partial charge in [0.15, 0.2) is 0 Å². The van der Waals surface area contributed by atoms with Crippen molar-refractivity contribution in [2.45, 2.75) is 13.1 Å². The molecule has 162 valence electrons. The van der Waals surface area contributed by atoms with Gasteiger partial charge in [-0.1, -0.05) is 6.07 Å². The molecule has 0 aliphatic heterocycles. The summed E-state index contributed by atoms with van der Waals surface area (Å²) in [6.45, 7) is 2.65. The highest BCUT2D eigenvalue weighted by Gasteiger charge is 2.30. The van der Waals surface area contributed by atoms with Gasteiger partial charge in [0.05, 0.1) is 16.8 Å². The lowest BCUT2D eigenvalue weighted by Crippen LogP contribution is -2.17. The summed E-state index contributed by atoms with van der Waals surface area (Å²) < 4.78 is 40.8. The van der Waals surface area contributed by atoms with Crippen LogP contribution in [0.25, 0.3) is 16.9 Å². The number of halogens is 3. The number of aryl methyl sites for hydroxylation is 1. The third kappa shape index (κ3) is 4.46. The van der Waals surface area contributed by atoms with Crippen molar-refractivity contribution in [3.63, 3.8) is 0 Å². The SMILES string of the molecule is Cc1cc(C(F)(F)F)ccc1-c1cc2nccn2c(NCCNc2ccc(C#N)cn2)n1. The van der Waals surface area contributed by atoms with E-state index in [2.05, 4.69) is 25.6 Å². The van der Waals surface area contributed by atoms with Crippen LogP contribution >= 0.6 is 0 Å². The molecule has 0 aliphatic rings. The predicted molar refractivity (Wildman–Crippen MR) is 114 cm³/mol. The van der Waals surface area contributed by atoms with Crippen LogP contribution < -0.4 is 10.6 Å². The van der Waals surface area contributed by atoms with E-state index in [1.165, 1.54) is 12.3 Å².